The number of benzene rings is 2. The minimum atomic E-state index is -0.223. The summed E-state index contributed by atoms with van der Waals surface area (Å²) in [5, 5.41) is 3.01. The summed E-state index contributed by atoms with van der Waals surface area (Å²) in [6, 6.07) is 19.6. The molecule has 1 amide bonds. The standard InChI is InChI=1S/C22H22N4O/c27-22(20-15-21(24-16-23-20)26-13-7-2-8-14-26)25-19-12-6-5-11-18(19)17-9-3-1-4-10-17/h1,3-6,9-12,15-16H,2,7-8,13-14H2,(H,25,27). The molecule has 2 aromatic carbocycles. The molecule has 0 spiro atoms. The Morgan fingerprint density at radius 3 is 2.44 bits per heavy atom. The molecule has 1 N–H and O–H groups in total. The Morgan fingerprint density at radius 2 is 1.63 bits per heavy atom. The summed E-state index contributed by atoms with van der Waals surface area (Å²) in [5.74, 6) is 0.602. The van der Waals surface area contributed by atoms with Gasteiger partial charge in [-0.3, -0.25) is 4.79 Å². The van der Waals surface area contributed by atoms with Crippen LogP contribution in [0.2, 0.25) is 0 Å². The van der Waals surface area contributed by atoms with Crippen LogP contribution in [0.5, 0.6) is 0 Å². The van der Waals surface area contributed by atoms with Crippen LogP contribution in [-0.2, 0) is 0 Å². The van der Waals surface area contributed by atoms with Gasteiger partial charge in [-0.15, -0.1) is 0 Å². The molecule has 2 heterocycles. The number of nitrogens with one attached hydrogen (secondary N) is 1. The summed E-state index contributed by atoms with van der Waals surface area (Å²) in [6.07, 6.45) is 5.05. The van der Waals surface area contributed by atoms with Crippen LogP contribution < -0.4 is 10.2 Å². The van der Waals surface area contributed by atoms with Crippen LogP contribution in [0.4, 0.5) is 11.5 Å². The second-order valence-electron chi connectivity index (χ2n) is 6.67. The fourth-order valence-electron chi connectivity index (χ4n) is 3.42. The number of para-hydroxylation sites is 1. The van der Waals surface area contributed by atoms with Crippen molar-refractivity contribution in [2.24, 2.45) is 0 Å². The highest BCUT2D eigenvalue weighted by Crippen LogP contribution is 2.28. The molecule has 0 aliphatic carbocycles. The lowest BCUT2D eigenvalue weighted by Crippen LogP contribution is -2.30. The van der Waals surface area contributed by atoms with Gasteiger partial charge in [0.25, 0.3) is 5.91 Å². The SMILES string of the molecule is O=C(Nc1ccccc1-c1ccccc1)c1cc(N2CCCCC2)ncn1. The first-order valence-corrected chi connectivity index (χ1v) is 9.34. The van der Waals surface area contributed by atoms with Crippen LogP contribution in [0.15, 0.2) is 67.0 Å². The Balaban J connectivity index is 1.57. The first kappa shape index (κ1) is 17.2. The predicted molar refractivity (Wildman–Crippen MR) is 108 cm³/mol. The average molecular weight is 358 g/mol. The number of anilines is 2. The van der Waals surface area contributed by atoms with Crippen LogP contribution in [0, 0.1) is 0 Å². The molecule has 5 heteroatoms. The minimum absolute atomic E-state index is 0.223. The maximum atomic E-state index is 12.8. The maximum absolute atomic E-state index is 12.8. The largest absolute Gasteiger partial charge is 0.357 e. The van der Waals surface area contributed by atoms with E-state index >= 15 is 0 Å². The number of amides is 1. The van der Waals surface area contributed by atoms with Gasteiger partial charge in [0, 0.05) is 30.4 Å². The topological polar surface area (TPSA) is 58.1 Å². The normalized spacial score (nSPS) is 14.0. The maximum Gasteiger partial charge on any atom is 0.274 e. The lowest BCUT2D eigenvalue weighted by atomic mass is 10.0. The molecule has 1 aliphatic rings. The summed E-state index contributed by atoms with van der Waals surface area (Å²) in [6.45, 7) is 1.96. The summed E-state index contributed by atoms with van der Waals surface area (Å²) >= 11 is 0. The monoisotopic (exact) mass is 358 g/mol. The van der Waals surface area contributed by atoms with Gasteiger partial charge in [-0.2, -0.15) is 0 Å². The molecule has 1 fully saturated rings. The molecule has 5 nitrogen and oxygen atoms in total. The van der Waals surface area contributed by atoms with E-state index in [2.05, 4.69) is 20.2 Å². The van der Waals surface area contributed by atoms with Crippen LogP contribution in [-0.4, -0.2) is 29.0 Å². The van der Waals surface area contributed by atoms with E-state index in [1.54, 1.807) is 6.07 Å². The van der Waals surface area contributed by atoms with Crippen LogP contribution in [0.25, 0.3) is 11.1 Å². The van der Waals surface area contributed by atoms with E-state index in [1.807, 2.05) is 54.6 Å². The molecule has 136 valence electrons. The van der Waals surface area contributed by atoms with Crippen molar-refractivity contribution >= 4 is 17.4 Å². The molecule has 27 heavy (non-hydrogen) atoms. The van der Waals surface area contributed by atoms with Crippen molar-refractivity contribution < 1.29 is 4.79 Å². The van der Waals surface area contributed by atoms with Crippen molar-refractivity contribution in [3.63, 3.8) is 0 Å². The van der Waals surface area contributed by atoms with Crippen molar-refractivity contribution in [3.8, 4) is 11.1 Å². The van der Waals surface area contributed by atoms with Gasteiger partial charge in [0.1, 0.15) is 17.8 Å². The number of nitrogens with zero attached hydrogens (tertiary/aromatic N) is 3. The molecule has 0 bridgehead atoms. The number of aromatic nitrogens is 2. The molecule has 0 saturated carbocycles. The number of hydrogen-bond acceptors (Lipinski definition) is 4. The van der Waals surface area contributed by atoms with Gasteiger partial charge in [0.15, 0.2) is 0 Å². The lowest BCUT2D eigenvalue weighted by molar-refractivity contribution is 0.102. The highest BCUT2D eigenvalue weighted by Gasteiger charge is 2.16. The van der Waals surface area contributed by atoms with Gasteiger partial charge in [0.2, 0.25) is 0 Å². The first-order chi connectivity index (χ1) is 13.3. The van der Waals surface area contributed by atoms with Crippen molar-refractivity contribution in [2.45, 2.75) is 19.3 Å². The molecule has 4 rings (SSSR count). The predicted octanol–water partition coefficient (Wildman–Crippen LogP) is 4.39. The van der Waals surface area contributed by atoms with E-state index < -0.39 is 0 Å². The number of carbonyl (C=O) groups is 1. The van der Waals surface area contributed by atoms with Gasteiger partial charge in [-0.05, 0) is 30.9 Å². The fraction of sp³-hybridized carbons (Fsp3) is 0.227. The molecule has 1 aromatic heterocycles. The fourth-order valence-corrected chi connectivity index (χ4v) is 3.42. The average Bonchev–Trinajstić information content (AvgIpc) is 2.75. The Bertz CT molecular complexity index is 920. The Morgan fingerprint density at radius 1 is 0.889 bits per heavy atom. The number of rotatable bonds is 4. The summed E-state index contributed by atoms with van der Waals surface area (Å²) in [7, 11) is 0. The molecule has 0 unspecified atom stereocenters. The van der Waals surface area contributed by atoms with Gasteiger partial charge < -0.3 is 10.2 Å². The van der Waals surface area contributed by atoms with Crippen LogP contribution >= 0.6 is 0 Å². The smallest absolute Gasteiger partial charge is 0.274 e. The van der Waals surface area contributed by atoms with Gasteiger partial charge in [-0.25, -0.2) is 9.97 Å². The van der Waals surface area contributed by atoms with E-state index in [4.69, 9.17) is 0 Å². The van der Waals surface area contributed by atoms with Gasteiger partial charge >= 0.3 is 0 Å². The Kier molecular flexibility index (Phi) is 5.10. The molecule has 1 saturated heterocycles. The highest BCUT2D eigenvalue weighted by atomic mass is 16.1. The van der Waals surface area contributed by atoms with Gasteiger partial charge in [-0.1, -0.05) is 48.5 Å². The molecular formula is C22H22N4O. The molecule has 0 radical (unpaired) electrons. The molecule has 1 aliphatic heterocycles. The lowest BCUT2D eigenvalue weighted by Gasteiger charge is -2.27. The van der Waals surface area contributed by atoms with Crippen molar-refractivity contribution in [1.82, 2.24) is 9.97 Å². The molecular weight excluding hydrogens is 336 g/mol. The van der Waals surface area contributed by atoms with E-state index in [0.717, 1.165) is 48.6 Å². The van der Waals surface area contributed by atoms with E-state index in [0.29, 0.717) is 5.69 Å². The third-order valence-corrected chi connectivity index (χ3v) is 4.83. The van der Waals surface area contributed by atoms with Crippen LogP contribution in [0.3, 0.4) is 0 Å². The van der Waals surface area contributed by atoms with E-state index in [1.165, 1.54) is 12.7 Å². The zero-order valence-electron chi connectivity index (χ0n) is 15.1. The molecule has 3 aromatic rings. The zero-order chi connectivity index (χ0) is 18.5. The van der Waals surface area contributed by atoms with E-state index in [9.17, 15) is 4.79 Å². The van der Waals surface area contributed by atoms with Crippen molar-refractivity contribution in [1.29, 1.82) is 0 Å². The third-order valence-electron chi connectivity index (χ3n) is 4.83. The second-order valence-corrected chi connectivity index (χ2v) is 6.67. The Hall–Kier alpha value is -3.21. The van der Waals surface area contributed by atoms with Crippen molar-refractivity contribution in [3.05, 3.63) is 72.7 Å². The second kappa shape index (κ2) is 7.99. The van der Waals surface area contributed by atoms with Crippen LogP contribution in [0.1, 0.15) is 29.8 Å². The summed E-state index contributed by atoms with van der Waals surface area (Å²) < 4.78 is 0. The number of hydrogen-bond donors (Lipinski definition) is 1. The quantitative estimate of drug-likeness (QED) is 0.752. The van der Waals surface area contributed by atoms with E-state index in [-0.39, 0.29) is 5.91 Å². The summed E-state index contributed by atoms with van der Waals surface area (Å²) in [5.41, 5.74) is 3.20. The third kappa shape index (κ3) is 3.97. The molecule has 0 atom stereocenters. The first-order valence-electron chi connectivity index (χ1n) is 9.34. The van der Waals surface area contributed by atoms with Crippen molar-refractivity contribution in [2.75, 3.05) is 23.3 Å². The van der Waals surface area contributed by atoms with Gasteiger partial charge in [0.05, 0.1) is 0 Å². The number of carbonyl (C=O) groups excluding carboxylic acids is 1. The minimum Gasteiger partial charge on any atom is -0.357 e. The zero-order valence-corrected chi connectivity index (χ0v) is 15.1. The Labute approximate surface area is 159 Å². The highest BCUT2D eigenvalue weighted by molar-refractivity contribution is 6.05. The number of piperidine rings is 1. The summed E-state index contributed by atoms with van der Waals surface area (Å²) in [4.78, 5) is 23.6.